The Bertz CT molecular complexity index is 376. The van der Waals surface area contributed by atoms with Crippen molar-refractivity contribution in [3.05, 3.63) is 29.8 Å². The van der Waals surface area contributed by atoms with Crippen LogP contribution < -0.4 is 10.1 Å². The first kappa shape index (κ1) is 17.9. The highest BCUT2D eigenvalue weighted by Gasteiger charge is 2.09. The molecule has 0 aromatic heterocycles. The lowest BCUT2D eigenvalue weighted by atomic mass is 10.0. The maximum absolute atomic E-state index is 11.9. The van der Waals surface area contributed by atoms with Crippen LogP contribution in [0.5, 0.6) is 5.75 Å². The molecular formula is C15H24ClNO2. The molecule has 0 aliphatic rings. The fourth-order valence-electron chi connectivity index (χ4n) is 1.94. The number of carbonyl (C=O) groups is 1. The molecule has 0 aliphatic carbocycles. The summed E-state index contributed by atoms with van der Waals surface area (Å²) in [6.07, 6.45) is 1.08. The van der Waals surface area contributed by atoms with Crippen molar-refractivity contribution in [1.29, 1.82) is 0 Å². The first-order valence-electron chi connectivity index (χ1n) is 6.43. The van der Waals surface area contributed by atoms with Crippen LogP contribution in [0.25, 0.3) is 0 Å². The van der Waals surface area contributed by atoms with E-state index in [1.54, 1.807) is 19.2 Å². The molecule has 4 heteroatoms. The summed E-state index contributed by atoms with van der Waals surface area (Å²) in [4.78, 5) is 11.9. The van der Waals surface area contributed by atoms with Gasteiger partial charge in [-0.05, 0) is 43.5 Å². The number of ketones is 1. The minimum Gasteiger partial charge on any atom is -0.497 e. The number of hydrogen-bond donors (Lipinski definition) is 1. The van der Waals surface area contributed by atoms with Crippen LogP contribution >= 0.6 is 12.4 Å². The summed E-state index contributed by atoms with van der Waals surface area (Å²) in [7, 11) is 1.62. The van der Waals surface area contributed by atoms with E-state index in [0.717, 1.165) is 17.7 Å². The molecule has 108 valence electrons. The van der Waals surface area contributed by atoms with Gasteiger partial charge in [0.2, 0.25) is 0 Å². The lowest BCUT2D eigenvalue weighted by molar-refractivity contribution is 0.0986. The lowest BCUT2D eigenvalue weighted by Gasteiger charge is -2.15. The summed E-state index contributed by atoms with van der Waals surface area (Å²) in [5.41, 5.74) is 0.722. The van der Waals surface area contributed by atoms with Gasteiger partial charge in [0.05, 0.1) is 13.7 Å². The van der Waals surface area contributed by atoms with E-state index in [2.05, 4.69) is 26.1 Å². The zero-order chi connectivity index (χ0) is 13.5. The molecule has 0 fully saturated rings. The summed E-state index contributed by atoms with van der Waals surface area (Å²) in [5, 5.41) is 3.26. The Morgan fingerprint density at radius 3 is 2.26 bits per heavy atom. The predicted octanol–water partition coefficient (Wildman–Crippen LogP) is 3.32. The topological polar surface area (TPSA) is 38.3 Å². The van der Waals surface area contributed by atoms with Crippen molar-refractivity contribution in [3.8, 4) is 5.75 Å². The quantitative estimate of drug-likeness (QED) is 0.781. The van der Waals surface area contributed by atoms with Gasteiger partial charge in [0, 0.05) is 11.6 Å². The maximum atomic E-state index is 11.9. The number of rotatable bonds is 7. The zero-order valence-corrected chi connectivity index (χ0v) is 12.9. The molecule has 3 nitrogen and oxygen atoms in total. The van der Waals surface area contributed by atoms with E-state index in [-0.39, 0.29) is 18.2 Å². The van der Waals surface area contributed by atoms with Crippen LogP contribution in [-0.2, 0) is 0 Å². The van der Waals surface area contributed by atoms with Crippen molar-refractivity contribution in [2.45, 2.75) is 33.2 Å². The first-order valence-corrected chi connectivity index (χ1v) is 6.43. The highest BCUT2D eigenvalue weighted by atomic mass is 35.5. The lowest BCUT2D eigenvalue weighted by Crippen LogP contribution is -2.32. The van der Waals surface area contributed by atoms with E-state index in [0.29, 0.717) is 18.5 Å². The molecule has 0 bridgehead atoms. The Morgan fingerprint density at radius 1 is 1.21 bits per heavy atom. The molecule has 0 spiro atoms. The molecule has 1 rings (SSSR count). The molecule has 19 heavy (non-hydrogen) atoms. The third kappa shape index (κ3) is 6.60. The van der Waals surface area contributed by atoms with Gasteiger partial charge in [-0.15, -0.1) is 12.4 Å². The average molecular weight is 286 g/mol. The van der Waals surface area contributed by atoms with Crippen molar-refractivity contribution in [3.63, 3.8) is 0 Å². The van der Waals surface area contributed by atoms with Gasteiger partial charge in [0.15, 0.2) is 5.78 Å². The van der Waals surface area contributed by atoms with E-state index in [1.165, 1.54) is 0 Å². The summed E-state index contributed by atoms with van der Waals surface area (Å²) >= 11 is 0. The van der Waals surface area contributed by atoms with Crippen LogP contribution in [0.3, 0.4) is 0 Å². The third-order valence-electron chi connectivity index (χ3n) is 2.85. The minimum atomic E-state index is 0. The Kier molecular flexibility index (Phi) is 8.44. The number of ether oxygens (including phenoxy) is 1. The van der Waals surface area contributed by atoms with Crippen LogP contribution in [0.2, 0.25) is 0 Å². The number of hydrogen-bond acceptors (Lipinski definition) is 3. The second kappa shape index (κ2) is 8.94. The number of methoxy groups -OCH3 is 1. The number of halogens is 1. The van der Waals surface area contributed by atoms with Crippen LogP contribution in [0.1, 0.15) is 37.6 Å². The number of nitrogens with one attached hydrogen (secondary N) is 1. The smallest absolute Gasteiger partial charge is 0.176 e. The van der Waals surface area contributed by atoms with Crippen molar-refractivity contribution in [1.82, 2.24) is 5.32 Å². The molecule has 0 saturated carbocycles. The molecule has 0 heterocycles. The third-order valence-corrected chi connectivity index (χ3v) is 2.85. The van der Waals surface area contributed by atoms with Crippen LogP contribution in [-0.4, -0.2) is 25.5 Å². The van der Waals surface area contributed by atoms with Gasteiger partial charge >= 0.3 is 0 Å². The molecule has 1 atom stereocenters. The number of Topliss-reactive ketones (excluding diaryl/α,β-unsaturated/α-hetero) is 1. The molecule has 0 radical (unpaired) electrons. The zero-order valence-electron chi connectivity index (χ0n) is 12.1. The Balaban J connectivity index is 0.00000324. The molecule has 1 aromatic carbocycles. The van der Waals surface area contributed by atoms with Crippen molar-refractivity contribution in [2.75, 3.05) is 13.7 Å². The monoisotopic (exact) mass is 285 g/mol. The van der Waals surface area contributed by atoms with Gasteiger partial charge < -0.3 is 10.1 Å². The molecule has 1 N–H and O–H groups in total. The van der Waals surface area contributed by atoms with Crippen LogP contribution in [0.15, 0.2) is 24.3 Å². The number of carbonyl (C=O) groups excluding carboxylic acids is 1. The highest BCUT2D eigenvalue weighted by Crippen LogP contribution is 2.11. The second-order valence-corrected chi connectivity index (χ2v) is 5.06. The van der Waals surface area contributed by atoms with E-state index in [4.69, 9.17) is 4.74 Å². The summed E-state index contributed by atoms with van der Waals surface area (Å²) < 4.78 is 5.06. The highest BCUT2D eigenvalue weighted by molar-refractivity contribution is 5.97. The van der Waals surface area contributed by atoms with Gasteiger partial charge in [0.1, 0.15) is 5.75 Å². The standard InChI is InChI=1S/C15H23NO2.ClH/c1-11(2)9-12(3)16-10-15(17)13-5-7-14(18-4)8-6-13;/h5-8,11-12,16H,9-10H2,1-4H3;1H. The van der Waals surface area contributed by atoms with Gasteiger partial charge in [-0.1, -0.05) is 13.8 Å². The average Bonchev–Trinajstić information content (AvgIpc) is 2.35. The van der Waals surface area contributed by atoms with Crippen LogP contribution in [0, 0.1) is 5.92 Å². The molecule has 0 amide bonds. The first-order chi connectivity index (χ1) is 8.52. The SMILES string of the molecule is COc1ccc(C(=O)CNC(C)CC(C)C)cc1.Cl. The second-order valence-electron chi connectivity index (χ2n) is 5.06. The van der Waals surface area contributed by atoms with Crippen molar-refractivity contribution in [2.24, 2.45) is 5.92 Å². The molecule has 1 unspecified atom stereocenters. The summed E-state index contributed by atoms with van der Waals surface area (Å²) in [5.74, 6) is 1.53. The van der Waals surface area contributed by atoms with E-state index < -0.39 is 0 Å². The fourth-order valence-corrected chi connectivity index (χ4v) is 1.94. The van der Waals surface area contributed by atoms with E-state index >= 15 is 0 Å². The van der Waals surface area contributed by atoms with Crippen molar-refractivity contribution >= 4 is 18.2 Å². The minimum absolute atomic E-state index is 0. The predicted molar refractivity (Wildman–Crippen MR) is 81.5 cm³/mol. The maximum Gasteiger partial charge on any atom is 0.176 e. The Hall–Kier alpha value is -1.06. The normalized spacial score (nSPS) is 11.8. The largest absolute Gasteiger partial charge is 0.497 e. The molecular weight excluding hydrogens is 262 g/mol. The Labute approximate surface area is 122 Å². The summed E-state index contributed by atoms with van der Waals surface area (Å²) in [6.45, 7) is 6.87. The molecule has 0 aliphatic heterocycles. The van der Waals surface area contributed by atoms with Crippen LogP contribution in [0.4, 0.5) is 0 Å². The van der Waals surface area contributed by atoms with Gasteiger partial charge in [-0.25, -0.2) is 0 Å². The van der Waals surface area contributed by atoms with Gasteiger partial charge in [-0.2, -0.15) is 0 Å². The Morgan fingerprint density at radius 2 is 1.79 bits per heavy atom. The van der Waals surface area contributed by atoms with E-state index in [9.17, 15) is 4.79 Å². The molecule has 1 aromatic rings. The van der Waals surface area contributed by atoms with Crippen molar-refractivity contribution < 1.29 is 9.53 Å². The fraction of sp³-hybridized carbons (Fsp3) is 0.533. The van der Waals surface area contributed by atoms with Gasteiger partial charge in [0.25, 0.3) is 0 Å². The summed E-state index contributed by atoms with van der Waals surface area (Å²) in [6, 6.07) is 7.59. The number of benzene rings is 1. The van der Waals surface area contributed by atoms with E-state index in [1.807, 2.05) is 12.1 Å². The van der Waals surface area contributed by atoms with Gasteiger partial charge in [-0.3, -0.25) is 4.79 Å². The molecule has 0 saturated heterocycles.